The van der Waals surface area contributed by atoms with Gasteiger partial charge in [-0.2, -0.15) is 11.8 Å². The van der Waals surface area contributed by atoms with Crippen LogP contribution in [-0.4, -0.2) is 39.6 Å². The standard InChI is InChI=1S/C15H16F2N4OS/c16-12-2-1-3-13(17)11(12)8-10-9-14(22)19-15(18-10)20-21-4-6-23-7-5-21/h1-3,9H,4-8H2,(H2,18,19,20,22). The average molecular weight is 338 g/mol. The van der Waals surface area contributed by atoms with Crippen molar-refractivity contribution in [2.75, 3.05) is 30.0 Å². The molecule has 5 nitrogen and oxygen atoms in total. The molecule has 2 N–H and O–H groups in total. The van der Waals surface area contributed by atoms with Gasteiger partial charge in [0.15, 0.2) is 0 Å². The Morgan fingerprint density at radius 1 is 1.26 bits per heavy atom. The van der Waals surface area contributed by atoms with Gasteiger partial charge in [0.05, 0.1) is 5.69 Å². The van der Waals surface area contributed by atoms with Gasteiger partial charge in [-0.25, -0.2) is 18.8 Å². The summed E-state index contributed by atoms with van der Waals surface area (Å²) in [6, 6.07) is 4.94. The third-order valence-corrected chi connectivity index (χ3v) is 4.43. The second-order valence-electron chi connectivity index (χ2n) is 5.17. The summed E-state index contributed by atoms with van der Waals surface area (Å²) in [6.45, 7) is 1.67. The van der Waals surface area contributed by atoms with Crippen LogP contribution in [0.2, 0.25) is 0 Å². The Balaban J connectivity index is 1.81. The van der Waals surface area contributed by atoms with E-state index in [1.54, 1.807) is 0 Å². The number of hydrazine groups is 1. The number of thioether (sulfide) groups is 1. The fourth-order valence-electron chi connectivity index (χ4n) is 2.36. The zero-order valence-electron chi connectivity index (χ0n) is 12.3. The van der Waals surface area contributed by atoms with Crippen molar-refractivity contribution in [1.29, 1.82) is 0 Å². The number of nitrogens with one attached hydrogen (secondary N) is 2. The summed E-state index contributed by atoms with van der Waals surface area (Å²) in [7, 11) is 0. The van der Waals surface area contributed by atoms with Crippen LogP contribution in [0.5, 0.6) is 0 Å². The summed E-state index contributed by atoms with van der Waals surface area (Å²) in [5, 5.41) is 1.96. The fraction of sp³-hybridized carbons (Fsp3) is 0.333. The molecule has 2 heterocycles. The number of anilines is 1. The predicted octanol–water partition coefficient (Wildman–Crippen LogP) is 2.01. The SMILES string of the molecule is O=c1cc(Cc2c(F)cccc2F)nc(NN2CCSCC2)[nH]1. The van der Waals surface area contributed by atoms with Crippen molar-refractivity contribution in [2.45, 2.75) is 6.42 Å². The van der Waals surface area contributed by atoms with Crippen LogP contribution in [-0.2, 0) is 6.42 Å². The van der Waals surface area contributed by atoms with Gasteiger partial charge in [0.1, 0.15) is 11.6 Å². The van der Waals surface area contributed by atoms with Gasteiger partial charge in [-0.05, 0) is 12.1 Å². The lowest BCUT2D eigenvalue weighted by atomic mass is 10.1. The maximum atomic E-state index is 13.7. The number of hydrogen-bond donors (Lipinski definition) is 2. The molecule has 2 aromatic rings. The summed E-state index contributed by atoms with van der Waals surface area (Å²) in [4.78, 5) is 18.6. The number of rotatable bonds is 4. The molecule has 8 heteroatoms. The molecule has 0 spiro atoms. The normalized spacial score (nSPS) is 15.6. The number of halogens is 2. The van der Waals surface area contributed by atoms with Crippen molar-refractivity contribution >= 4 is 17.7 Å². The molecule has 122 valence electrons. The van der Waals surface area contributed by atoms with E-state index >= 15 is 0 Å². The third-order valence-electron chi connectivity index (χ3n) is 3.49. The van der Waals surface area contributed by atoms with Crippen molar-refractivity contribution in [3.8, 4) is 0 Å². The van der Waals surface area contributed by atoms with Gasteiger partial charge in [-0.3, -0.25) is 15.2 Å². The smallest absolute Gasteiger partial charge is 0.252 e. The predicted molar refractivity (Wildman–Crippen MR) is 86.5 cm³/mol. The molecule has 1 fully saturated rings. The minimum Gasteiger partial charge on any atom is -0.292 e. The summed E-state index contributed by atoms with van der Waals surface area (Å²) < 4.78 is 27.5. The lowest BCUT2D eigenvalue weighted by molar-refractivity contribution is 0.361. The second-order valence-corrected chi connectivity index (χ2v) is 6.40. The molecule has 0 atom stereocenters. The molecule has 0 bridgehead atoms. The first-order valence-corrected chi connectivity index (χ1v) is 8.40. The second kappa shape index (κ2) is 7.10. The number of nitrogens with zero attached hydrogens (tertiary/aromatic N) is 2. The van der Waals surface area contributed by atoms with E-state index in [0.717, 1.165) is 24.6 Å². The topological polar surface area (TPSA) is 61.0 Å². The monoisotopic (exact) mass is 338 g/mol. The molecule has 0 amide bonds. The number of H-pyrrole nitrogens is 1. The molecule has 23 heavy (non-hydrogen) atoms. The van der Waals surface area contributed by atoms with E-state index in [0.29, 0.717) is 5.69 Å². The van der Waals surface area contributed by atoms with Gasteiger partial charge in [-0.1, -0.05) is 6.07 Å². The van der Waals surface area contributed by atoms with Crippen LogP contribution in [0, 0.1) is 11.6 Å². The van der Waals surface area contributed by atoms with Crippen molar-refractivity contribution < 1.29 is 8.78 Å². The van der Waals surface area contributed by atoms with Crippen LogP contribution >= 0.6 is 11.8 Å². The highest BCUT2D eigenvalue weighted by Gasteiger charge is 2.14. The molecule has 0 saturated carbocycles. The molecular weight excluding hydrogens is 322 g/mol. The van der Waals surface area contributed by atoms with Crippen molar-refractivity contribution in [3.63, 3.8) is 0 Å². The first-order valence-electron chi connectivity index (χ1n) is 7.24. The maximum absolute atomic E-state index is 13.7. The van der Waals surface area contributed by atoms with Gasteiger partial charge in [-0.15, -0.1) is 0 Å². The Morgan fingerprint density at radius 3 is 2.65 bits per heavy atom. The highest BCUT2D eigenvalue weighted by molar-refractivity contribution is 7.99. The molecule has 1 aromatic carbocycles. The quantitative estimate of drug-likeness (QED) is 0.893. The largest absolute Gasteiger partial charge is 0.292 e. The van der Waals surface area contributed by atoms with E-state index in [-0.39, 0.29) is 23.5 Å². The van der Waals surface area contributed by atoms with E-state index in [4.69, 9.17) is 0 Å². The molecule has 1 saturated heterocycles. The van der Waals surface area contributed by atoms with Crippen LogP contribution in [0.25, 0.3) is 0 Å². The summed E-state index contributed by atoms with van der Waals surface area (Å²) >= 11 is 1.86. The van der Waals surface area contributed by atoms with Gasteiger partial charge in [0.2, 0.25) is 5.95 Å². The summed E-state index contributed by atoms with van der Waals surface area (Å²) in [5.74, 6) is 0.995. The van der Waals surface area contributed by atoms with Crippen LogP contribution < -0.4 is 11.0 Å². The Bertz CT molecular complexity index is 726. The fourth-order valence-corrected chi connectivity index (χ4v) is 3.26. The van der Waals surface area contributed by atoms with E-state index in [9.17, 15) is 13.6 Å². The van der Waals surface area contributed by atoms with Crippen LogP contribution in [0.15, 0.2) is 29.1 Å². The Hall–Kier alpha value is -1.93. The number of aromatic nitrogens is 2. The average Bonchev–Trinajstić information content (AvgIpc) is 2.51. The number of aromatic amines is 1. The third kappa shape index (κ3) is 4.08. The van der Waals surface area contributed by atoms with Gasteiger partial charge >= 0.3 is 0 Å². The van der Waals surface area contributed by atoms with Crippen LogP contribution in [0.1, 0.15) is 11.3 Å². The minimum atomic E-state index is -0.644. The molecular formula is C15H16F2N4OS. The molecule has 0 aliphatic carbocycles. The molecule has 0 radical (unpaired) electrons. The van der Waals surface area contributed by atoms with Crippen molar-refractivity contribution in [2.24, 2.45) is 0 Å². The molecule has 1 aliphatic rings. The van der Waals surface area contributed by atoms with E-state index < -0.39 is 11.6 Å². The zero-order valence-corrected chi connectivity index (χ0v) is 13.1. The highest BCUT2D eigenvalue weighted by atomic mass is 32.2. The molecule has 1 aliphatic heterocycles. The van der Waals surface area contributed by atoms with E-state index in [1.165, 1.54) is 24.3 Å². The summed E-state index contributed by atoms with van der Waals surface area (Å²) in [6.07, 6.45) is -0.0764. The molecule has 0 unspecified atom stereocenters. The first-order chi connectivity index (χ1) is 11.1. The van der Waals surface area contributed by atoms with Gasteiger partial charge in [0, 0.05) is 42.6 Å². The maximum Gasteiger partial charge on any atom is 0.252 e. The molecule has 1 aromatic heterocycles. The summed E-state index contributed by atoms with van der Waals surface area (Å²) in [5.41, 5.74) is 2.90. The Morgan fingerprint density at radius 2 is 1.96 bits per heavy atom. The van der Waals surface area contributed by atoms with Crippen LogP contribution in [0.4, 0.5) is 14.7 Å². The number of hydrogen-bond acceptors (Lipinski definition) is 5. The first kappa shape index (κ1) is 15.9. The van der Waals surface area contributed by atoms with E-state index in [1.807, 2.05) is 16.8 Å². The molecule has 3 rings (SSSR count). The van der Waals surface area contributed by atoms with Gasteiger partial charge < -0.3 is 0 Å². The zero-order chi connectivity index (χ0) is 16.2. The Kier molecular flexibility index (Phi) is 4.92. The van der Waals surface area contributed by atoms with E-state index in [2.05, 4.69) is 15.4 Å². The Labute approximate surface area is 136 Å². The lowest BCUT2D eigenvalue weighted by Gasteiger charge is -2.26. The van der Waals surface area contributed by atoms with Crippen molar-refractivity contribution in [3.05, 3.63) is 57.5 Å². The van der Waals surface area contributed by atoms with Crippen molar-refractivity contribution in [1.82, 2.24) is 15.0 Å². The highest BCUT2D eigenvalue weighted by Crippen LogP contribution is 2.16. The van der Waals surface area contributed by atoms with Gasteiger partial charge in [0.25, 0.3) is 5.56 Å². The lowest BCUT2D eigenvalue weighted by Crippen LogP contribution is -2.38. The van der Waals surface area contributed by atoms with Crippen LogP contribution in [0.3, 0.4) is 0 Å². The minimum absolute atomic E-state index is 0.0764. The number of benzene rings is 1.